The minimum atomic E-state index is -4.67. The first-order valence-corrected chi connectivity index (χ1v) is 5.17. The SMILES string of the molecule is O=Cc1cnn(-c2cccc(Cl)c2)c1C(F)(F)F. The maximum absolute atomic E-state index is 12.9. The summed E-state index contributed by atoms with van der Waals surface area (Å²) >= 11 is 5.71. The standard InChI is InChI=1S/C11H6ClF3N2O/c12-8-2-1-3-9(4-8)17-10(11(13,14)15)7(6-18)5-16-17/h1-6H. The molecule has 0 spiro atoms. The van der Waals surface area contributed by atoms with Gasteiger partial charge >= 0.3 is 6.18 Å². The quantitative estimate of drug-likeness (QED) is 0.787. The summed E-state index contributed by atoms with van der Waals surface area (Å²) in [5.41, 5.74) is -1.48. The summed E-state index contributed by atoms with van der Waals surface area (Å²) in [5.74, 6) is 0. The van der Waals surface area contributed by atoms with Crippen molar-refractivity contribution in [1.29, 1.82) is 0 Å². The molecule has 2 aromatic rings. The van der Waals surface area contributed by atoms with Crippen LogP contribution in [-0.4, -0.2) is 16.1 Å². The second-order valence-corrected chi connectivity index (χ2v) is 3.89. The third kappa shape index (κ3) is 2.24. The number of hydrogen-bond acceptors (Lipinski definition) is 2. The second kappa shape index (κ2) is 4.45. The van der Waals surface area contributed by atoms with Crippen molar-refractivity contribution < 1.29 is 18.0 Å². The summed E-state index contributed by atoms with van der Waals surface area (Å²) in [6, 6.07) is 5.78. The lowest BCUT2D eigenvalue weighted by atomic mass is 10.2. The van der Waals surface area contributed by atoms with Crippen LogP contribution in [0.4, 0.5) is 13.2 Å². The molecule has 7 heteroatoms. The van der Waals surface area contributed by atoms with Crippen LogP contribution in [0.5, 0.6) is 0 Å². The van der Waals surface area contributed by atoms with Gasteiger partial charge in [-0.2, -0.15) is 18.3 Å². The van der Waals surface area contributed by atoms with Crippen LogP contribution in [0.3, 0.4) is 0 Å². The molecule has 0 fully saturated rings. The van der Waals surface area contributed by atoms with Crippen molar-refractivity contribution in [1.82, 2.24) is 9.78 Å². The molecule has 0 amide bonds. The Kier molecular flexibility index (Phi) is 3.13. The number of hydrogen-bond donors (Lipinski definition) is 0. The van der Waals surface area contributed by atoms with Crippen LogP contribution in [-0.2, 0) is 6.18 Å². The fraction of sp³-hybridized carbons (Fsp3) is 0.0909. The molecule has 0 unspecified atom stereocenters. The average molecular weight is 275 g/mol. The molecule has 0 N–H and O–H groups in total. The molecule has 0 aliphatic heterocycles. The minimum Gasteiger partial charge on any atom is -0.298 e. The molecule has 0 atom stereocenters. The molecule has 0 aliphatic rings. The molecule has 94 valence electrons. The highest BCUT2D eigenvalue weighted by Gasteiger charge is 2.38. The van der Waals surface area contributed by atoms with Gasteiger partial charge < -0.3 is 0 Å². The van der Waals surface area contributed by atoms with Gasteiger partial charge in [-0.15, -0.1) is 0 Å². The topological polar surface area (TPSA) is 34.9 Å². The van der Waals surface area contributed by atoms with Gasteiger partial charge in [0.2, 0.25) is 0 Å². The third-order valence-corrected chi connectivity index (χ3v) is 2.48. The average Bonchev–Trinajstić information content (AvgIpc) is 2.72. The molecular weight excluding hydrogens is 269 g/mol. The van der Waals surface area contributed by atoms with E-state index in [9.17, 15) is 18.0 Å². The molecule has 18 heavy (non-hydrogen) atoms. The van der Waals surface area contributed by atoms with E-state index in [0.29, 0.717) is 4.68 Å². The molecule has 0 saturated heterocycles. The number of carbonyl (C=O) groups excluding carboxylic acids is 1. The van der Waals surface area contributed by atoms with Gasteiger partial charge in [-0.3, -0.25) is 4.79 Å². The molecule has 0 aliphatic carbocycles. The fourth-order valence-electron chi connectivity index (χ4n) is 1.53. The Labute approximate surface area is 105 Å². The van der Waals surface area contributed by atoms with E-state index in [1.54, 1.807) is 0 Å². The van der Waals surface area contributed by atoms with Crippen LogP contribution in [0.2, 0.25) is 5.02 Å². The van der Waals surface area contributed by atoms with E-state index in [4.69, 9.17) is 11.6 Å². The van der Waals surface area contributed by atoms with Crippen molar-refractivity contribution in [2.45, 2.75) is 6.18 Å². The number of alkyl halides is 3. The summed E-state index contributed by atoms with van der Waals surface area (Å²) in [6.07, 6.45) is -3.68. The van der Waals surface area contributed by atoms with E-state index in [1.807, 2.05) is 0 Å². The zero-order valence-electron chi connectivity index (χ0n) is 8.78. The monoisotopic (exact) mass is 274 g/mol. The lowest BCUT2D eigenvalue weighted by molar-refractivity contribution is -0.143. The van der Waals surface area contributed by atoms with Gasteiger partial charge in [0.15, 0.2) is 12.0 Å². The lowest BCUT2D eigenvalue weighted by Crippen LogP contribution is -2.15. The van der Waals surface area contributed by atoms with Crippen LogP contribution >= 0.6 is 11.6 Å². The van der Waals surface area contributed by atoms with Crippen LogP contribution in [0.1, 0.15) is 16.1 Å². The zero-order valence-corrected chi connectivity index (χ0v) is 9.53. The molecule has 1 aromatic carbocycles. The molecule has 2 rings (SSSR count). The van der Waals surface area contributed by atoms with Crippen LogP contribution in [0, 0.1) is 0 Å². The van der Waals surface area contributed by atoms with E-state index in [-0.39, 0.29) is 17.0 Å². The molecular formula is C11H6ClF3N2O. The summed E-state index contributed by atoms with van der Waals surface area (Å²) < 4.78 is 39.2. The smallest absolute Gasteiger partial charge is 0.298 e. The first-order valence-electron chi connectivity index (χ1n) is 4.80. The van der Waals surface area contributed by atoms with Crippen molar-refractivity contribution in [3.63, 3.8) is 0 Å². The Morgan fingerprint density at radius 2 is 2.06 bits per heavy atom. The molecule has 0 bridgehead atoms. The van der Waals surface area contributed by atoms with Gasteiger partial charge in [-0.25, -0.2) is 4.68 Å². The van der Waals surface area contributed by atoms with E-state index >= 15 is 0 Å². The highest BCUT2D eigenvalue weighted by atomic mass is 35.5. The normalized spacial score (nSPS) is 11.6. The van der Waals surface area contributed by atoms with E-state index < -0.39 is 17.4 Å². The highest BCUT2D eigenvalue weighted by molar-refractivity contribution is 6.30. The van der Waals surface area contributed by atoms with Gasteiger partial charge in [0.05, 0.1) is 17.4 Å². The van der Waals surface area contributed by atoms with Crippen molar-refractivity contribution in [3.05, 3.63) is 46.7 Å². The van der Waals surface area contributed by atoms with Crippen LogP contribution in [0.15, 0.2) is 30.5 Å². The zero-order chi connectivity index (χ0) is 13.3. The summed E-state index contributed by atoms with van der Waals surface area (Å²) in [4.78, 5) is 10.6. The van der Waals surface area contributed by atoms with Crippen molar-refractivity contribution in [3.8, 4) is 5.69 Å². The summed E-state index contributed by atoms with van der Waals surface area (Å²) in [6.45, 7) is 0. The van der Waals surface area contributed by atoms with Gasteiger partial charge in [0.25, 0.3) is 0 Å². The van der Waals surface area contributed by atoms with E-state index in [2.05, 4.69) is 5.10 Å². The van der Waals surface area contributed by atoms with Crippen molar-refractivity contribution >= 4 is 17.9 Å². The summed E-state index contributed by atoms with van der Waals surface area (Å²) in [7, 11) is 0. The Bertz CT molecular complexity index is 592. The Morgan fingerprint density at radius 3 is 2.61 bits per heavy atom. The second-order valence-electron chi connectivity index (χ2n) is 3.46. The predicted molar refractivity (Wildman–Crippen MR) is 59.0 cm³/mol. The van der Waals surface area contributed by atoms with Crippen molar-refractivity contribution in [2.75, 3.05) is 0 Å². The fourth-order valence-corrected chi connectivity index (χ4v) is 1.72. The maximum atomic E-state index is 12.9. The number of halogens is 4. The van der Waals surface area contributed by atoms with Gasteiger partial charge in [0, 0.05) is 5.02 Å². The third-order valence-electron chi connectivity index (χ3n) is 2.25. The number of aldehydes is 1. The minimum absolute atomic E-state index is 0.122. The van der Waals surface area contributed by atoms with Gasteiger partial charge in [-0.1, -0.05) is 17.7 Å². The molecule has 3 nitrogen and oxygen atoms in total. The number of carbonyl (C=O) groups is 1. The number of benzene rings is 1. The Hall–Kier alpha value is -1.82. The highest BCUT2D eigenvalue weighted by Crippen LogP contribution is 2.33. The first-order chi connectivity index (χ1) is 8.43. The number of rotatable bonds is 2. The molecule has 1 aromatic heterocycles. The van der Waals surface area contributed by atoms with Gasteiger partial charge in [0.1, 0.15) is 0 Å². The number of aromatic nitrogens is 2. The first kappa shape index (κ1) is 12.6. The molecule has 0 saturated carbocycles. The lowest BCUT2D eigenvalue weighted by Gasteiger charge is -2.11. The Balaban J connectivity index is 2.65. The largest absolute Gasteiger partial charge is 0.434 e. The predicted octanol–water partition coefficient (Wildman–Crippen LogP) is 3.36. The van der Waals surface area contributed by atoms with E-state index in [1.165, 1.54) is 24.3 Å². The van der Waals surface area contributed by atoms with E-state index in [0.717, 1.165) is 6.20 Å². The van der Waals surface area contributed by atoms with Crippen LogP contribution < -0.4 is 0 Å². The molecule has 1 heterocycles. The Morgan fingerprint density at radius 1 is 1.33 bits per heavy atom. The number of nitrogens with zero attached hydrogens (tertiary/aromatic N) is 2. The molecule has 0 radical (unpaired) electrons. The maximum Gasteiger partial charge on any atom is 0.434 e. The van der Waals surface area contributed by atoms with Crippen molar-refractivity contribution in [2.24, 2.45) is 0 Å². The summed E-state index contributed by atoms with van der Waals surface area (Å²) in [5, 5.41) is 3.85. The van der Waals surface area contributed by atoms with Gasteiger partial charge in [-0.05, 0) is 18.2 Å². The van der Waals surface area contributed by atoms with Crippen LogP contribution in [0.25, 0.3) is 5.69 Å².